The Kier molecular flexibility index (Phi) is 5.34. The van der Waals surface area contributed by atoms with Crippen LogP contribution in [-0.4, -0.2) is 112 Å². The van der Waals surface area contributed by atoms with Crippen LogP contribution in [0.3, 0.4) is 0 Å². The number of imidazole rings is 1. The third-order valence-electron chi connectivity index (χ3n) is 5.84. The molecule has 8 N–H and O–H groups in total. The van der Waals surface area contributed by atoms with Gasteiger partial charge in [-0.2, -0.15) is 0 Å². The van der Waals surface area contributed by atoms with Gasteiger partial charge in [-0.25, -0.2) is 23.7 Å². The highest BCUT2D eigenvalue weighted by atomic mass is 19.3. The minimum absolute atomic E-state index is 0.0170. The first-order valence-corrected chi connectivity index (χ1v) is 9.17. The van der Waals surface area contributed by atoms with Gasteiger partial charge in [0, 0.05) is 0 Å². The van der Waals surface area contributed by atoms with Gasteiger partial charge >= 0.3 is 0 Å². The van der Waals surface area contributed by atoms with E-state index in [-0.39, 0.29) is 17.0 Å². The predicted molar refractivity (Wildman–Crippen MR) is 94.4 cm³/mol. The number of fused-ring (bicyclic) bond motifs is 1. The van der Waals surface area contributed by atoms with Gasteiger partial charge in [-0.3, -0.25) is 4.57 Å². The summed E-state index contributed by atoms with van der Waals surface area (Å²) < 4.78 is 39.7. The predicted octanol–water partition coefficient (Wildman–Crippen LogP) is -3.71. The Bertz CT molecular complexity index is 967. The summed E-state index contributed by atoms with van der Waals surface area (Å²) in [5.41, 5.74) is 0.0339. The average molecular weight is 449 g/mol. The van der Waals surface area contributed by atoms with E-state index in [1.54, 1.807) is 0 Å². The Balaban J connectivity index is 1.97. The molecule has 31 heavy (non-hydrogen) atoms. The second-order valence-electron chi connectivity index (χ2n) is 7.51. The highest BCUT2D eigenvalue weighted by Gasteiger charge is 2.72. The SMILES string of the molecule is Nc1ncnc2c1ncn2[C@]1(C2OC[C@@H](O)[C@H](O)[C@H]2O)O[C@@](CO)(C(F)F)[C@@H](O)[C@H]1O. The molecular weight excluding hydrogens is 428 g/mol. The Labute approximate surface area is 172 Å². The van der Waals surface area contributed by atoms with E-state index in [9.17, 15) is 39.4 Å². The Morgan fingerprint density at radius 3 is 2.45 bits per heavy atom. The van der Waals surface area contributed by atoms with Gasteiger partial charge in [-0.15, -0.1) is 0 Å². The van der Waals surface area contributed by atoms with Gasteiger partial charge in [0.15, 0.2) is 17.1 Å². The van der Waals surface area contributed by atoms with Gasteiger partial charge in [0.1, 0.15) is 48.5 Å². The van der Waals surface area contributed by atoms with Crippen molar-refractivity contribution in [2.24, 2.45) is 0 Å². The number of nitrogens with zero attached hydrogens (tertiary/aromatic N) is 4. The number of nitrogens with two attached hydrogens (primary N) is 1. The summed E-state index contributed by atoms with van der Waals surface area (Å²) in [5.74, 6) is -0.102. The zero-order valence-corrected chi connectivity index (χ0v) is 15.7. The molecule has 0 aromatic carbocycles. The maximum absolute atomic E-state index is 14.0. The number of anilines is 1. The minimum Gasteiger partial charge on any atom is -0.393 e. The molecule has 0 radical (unpaired) electrons. The molecule has 172 valence electrons. The van der Waals surface area contributed by atoms with Crippen LogP contribution in [0.2, 0.25) is 0 Å². The van der Waals surface area contributed by atoms with E-state index in [2.05, 4.69) is 15.0 Å². The van der Waals surface area contributed by atoms with E-state index >= 15 is 0 Å². The summed E-state index contributed by atoms with van der Waals surface area (Å²) in [6, 6.07) is 0. The zero-order chi connectivity index (χ0) is 22.7. The number of aromatic nitrogens is 4. The van der Waals surface area contributed by atoms with Crippen LogP contribution in [0, 0.1) is 0 Å². The molecule has 8 atom stereocenters. The van der Waals surface area contributed by atoms with E-state index in [1.165, 1.54) is 0 Å². The molecule has 0 aliphatic carbocycles. The highest BCUT2D eigenvalue weighted by molar-refractivity contribution is 5.81. The number of hydrogen-bond donors (Lipinski definition) is 7. The Morgan fingerprint density at radius 2 is 1.84 bits per heavy atom. The van der Waals surface area contributed by atoms with E-state index in [0.29, 0.717) is 0 Å². The monoisotopic (exact) mass is 449 g/mol. The first kappa shape index (κ1) is 22.1. The molecule has 13 nitrogen and oxygen atoms in total. The topological polar surface area (TPSA) is 209 Å². The largest absolute Gasteiger partial charge is 0.393 e. The van der Waals surface area contributed by atoms with E-state index in [1.807, 2.05) is 0 Å². The van der Waals surface area contributed by atoms with Crippen LogP contribution in [0.25, 0.3) is 11.2 Å². The number of aliphatic hydroxyl groups is 6. The second-order valence-corrected chi connectivity index (χ2v) is 7.51. The Morgan fingerprint density at radius 1 is 1.13 bits per heavy atom. The fourth-order valence-corrected chi connectivity index (χ4v) is 4.12. The van der Waals surface area contributed by atoms with Gasteiger partial charge in [0.25, 0.3) is 6.43 Å². The van der Waals surface area contributed by atoms with Crippen LogP contribution in [0.1, 0.15) is 0 Å². The van der Waals surface area contributed by atoms with Gasteiger partial charge in [-0.1, -0.05) is 0 Å². The molecule has 2 aromatic heterocycles. The minimum atomic E-state index is -3.49. The molecule has 2 aliphatic rings. The van der Waals surface area contributed by atoms with Crippen LogP contribution in [0.4, 0.5) is 14.6 Å². The van der Waals surface area contributed by atoms with Crippen molar-refractivity contribution in [3.63, 3.8) is 0 Å². The summed E-state index contributed by atoms with van der Waals surface area (Å²) in [7, 11) is 0. The molecule has 0 saturated carbocycles. The van der Waals surface area contributed by atoms with Crippen molar-refractivity contribution in [1.29, 1.82) is 0 Å². The number of hydrogen-bond acceptors (Lipinski definition) is 12. The third kappa shape index (κ3) is 2.86. The number of nitrogen functional groups attached to an aromatic ring is 1. The summed E-state index contributed by atoms with van der Waals surface area (Å²) in [4.78, 5) is 11.7. The van der Waals surface area contributed by atoms with Crippen molar-refractivity contribution in [3.8, 4) is 0 Å². The van der Waals surface area contributed by atoms with Crippen molar-refractivity contribution in [1.82, 2.24) is 19.5 Å². The van der Waals surface area contributed by atoms with Crippen molar-refractivity contribution in [2.45, 2.75) is 54.4 Å². The molecule has 0 amide bonds. The van der Waals surface area contributed by atoms with Gasteiger partial charge in [-0.05, 0) is 0 Å². The van der Waals surface area contributed by atoms with Crippen LogP contribution in [0.15, 0.2) is 12.7 Å². The van der Waals surface area contributed by atoms with Gasteiger partial charge in [0.2, 0.25) is 5.72 Å². The number of ether oxygens (including phenoxy) is 2. The normalized spacial score (nSPS) is 41.3. The van der Waals surface area contributed by atoms with E-state index in [0.717, 1.165) is 17.2 Å². The number of halogens is 2. The van der Waals surface area contributed by atoms with E-state index < -0.39 is 67.6 Å². The number of rotatable bonds is 4. The molecule has 2 aromatic rings. The molecule has 0 spiro atoms. The summed E-state index contributed by atoms with van der Waals surface area (Å²) in [6.07, 6.45) is -13.2. The van der Waals surface area contributed by atoms with Gasteiger partial charge in [0.05, 0.1) is 19.5 Å². The first-order valence-electron chi connectivity index (χ1n) is 9.17. The lowest BCUT2D eigenvalue weighted by molar-refractivity contribution is -0.309. The quantitative estimate of drug-likeness (QED) is 0.240. The molecule has 2 aliphatic heterocycles. The highest BCUT2D eigenvalue weighted by Crippen LogP contribution is 2.50. The van der Waals surface area contributed by atoms with E-state index in [4.69, 9.17) is 15.2 Å². The lowest BCUT2D eigenvalue weighted by Crippen LogP contribution is -2.65. The Hall–Kier alpha value is -2.11. The molecule has 4 rings (SSSR count). The smallest absolute Gasteiger partial charge is 0.272 e. The number of alkyl halides is 2. The maximum Gasteiger partial charge on any atom is 0.272 e. The van der Waals surface area contributed by atoms with Crippen molar-refractivity contribution in [3.05, 3.63) is 12.7 Å². The van der Waals surface area contributed by atoms with Crippen LogP contribution >= 0.6 is 0 Å². The average Bonchev–Trinajstić information content (AvgIpc) is 3.27. The maximum atomic E-state index is 14.0. The standard InChI is InChI=1S/C16H21F2N5O8/c17-14(18)15(2-24)9(28)10(29)16(31-15,11-8(27)7(26)5(25)1-30-11)23-4-22-6-12(19)20-3-21-13(6)23/h3-5,7-11,14,24-29H,1-2H2,(H2,19,20,21)/t5-,7+,8-,9+,10-,11?,15-,16+/m1/s1. The number of aliphatic hydroxyl groups excluding tert-OH is 6. The fourth-order valence-electron chi connectivity index (χ4n) is 4.12. The summed E-state index contributed by atoms with van der Waals surface area (Å²) >= 11 is 0. The molecule has 15 heteroatoms. The molecule has 0 bridgehead atoms. The fraction of sp³-hybridized carbons (Fsp3) is 0.688. The van der Waals surface area contributed by atoms with Crippen LogP contribution in [0.5, 0.6) is 0 Å². The lowest BCUT2D eigenvalue weighted by Gasteiger charge is -2.46. The van der Waals surface area contributed by atoms with Crippen molar-refractivity contribution in [2.75, 3.05) is 18.9 Å². The van der Waals surface area contributed by atoms with Crippen molar-refractivity contribution < 1.29 is 48.9 Å². The molecule has 1 unspecified atom stereocenters. The van der Waals surface area contributed by atoms with Crippen molar-refractivity contribution >= 4 is 17.0 Å². The summed E-state index contributed by atoms with van der Waals surface area (Å²) in [6.45, 7) is -1.98. The molecule has 4 heterocycles. The first-order chi connectivity index (χ1) is 14.6. The molecule has 2 fully saturated rings. The lowest BCUT2D eigenvalue weighted by atomic mass is 9.86. The molecular formula is C16H21F2N5O8. The zero-order valence-electron chi connectivity index (χ0n) is 15.7. The molecule has 2 saturated heterocycles. The summed E-state index contributed by atoms with van der Waals surface area (Å²) in [5, 5.41) is 61.7. The second kappa shape index (κ2) is 7.49. The third-order valence-corrected chi connectivity index (χ3v) is 5.84. The van der Waals surface area contributed by atoms with Gasteiger partial charge < -0.3 is 45.8 Å². The van der Waals surface area contributed by atoms with Crippen LogP contribution < -0.4 is 5.73 Å². The van der Waals surface area contributed by atoms with Crippen LogP contribution in [-0.2, 0) is 15.2 Å².